The summed E-state index contributed by atoms with van der Waals surface area (Å²) >= 11 is 3.57. The highest BCUT2D eigenvalue weighted by Crippen LogP contribution is 2.22. The van der Waals surface area contributed by atoms with Gasteiger partial charge < -0.3 is 14.8 Å². The molecule has 1 rings (SSSR count). The minimum atomic E-state index is 0.468. The van der Waals surface area contributed by atoms with E-state index in [0.29, 0.717) is 25.2 Å². The van der Waals surface area contributed by atoms with Crippen LogP contribution >= 0.6 is 15.9 Å². The third-order valence-electron chi connectivity index (χ3n) is 2.67. The average molecular weight is 344 g/mol. The normalized spacial score (nSPS) is 11.3. The van der Waals surface area contributed by atoms with E-state index in [1.807, 2.05) is 12.1 Å². The fourth-order valence-electron chi connectivity index (χ4n) is 1.63. The van der Waals surface area contributed by atoms with Gasteiger partial charge in [0.25, 0.3) is 0 Å². The highest BCUT2D eigenvalue weighted by molar-refractivity contribution is 9.10. The van der Waals surface area contributed by atoms with Crippen LogP contribution in [0.3, 0.4) is 0 Å². The van der Waals surface area contributed by atoms with Crippen molar-refractivity contribution in [2.24, 2.45) is 5.92 Å². The lowest BCUT2D eigenvalue weighted by atomic mass is 10.2. The molecule has 3 nitrogen and oxygen atoms in total. The number of halogens is 1. The van der Waals surface area contributed by atoms with Crippen LogP contribution in [0.25, 0.3) is 0 Å². The Kier molecular flexibility index (Phi) is 8.19. The molecule has 0 bridgehead atoms. The van der Waals surface area contributed by atoms with Gasteiger partial charge in [-0.15, -0.1) is 0 Å². The highest BCUT2D eigenvalue weighted by atomic mass is 79.9. The van der Waals surface area contributed by atoms with Crippen molar-refractivity contribution in [1.29, 1.82) is 0 Å². The Bertz CT molecular complexity index is 394. The van der Waals surface area contributed by atoms with Gasteiger partial charge in [-0.3, -0.25) is 0 Å². The van der Waals surface area contributed by atoms with Gasteiger partial charge >= 0.3 is 0 Å². The van der Waals surface area contributed by atoms with Gasteiger partial charge in [0.05, 0.1) is 6.61 Å². The molecule has 0 aliphatic rings. The maximum Gasteiger partial charge on any atom is 0.119 e. The van der Waals surface area contributed by atoms with Gasteiger partial charge in [0, 0.05) is 23.7 Å². The number of benzene rings is 1. The van der Waals surface area contributed by atoms with E-state index in [2.05, 4.69) is 55.0 Å². The van der Waals surface area contributed by atoms with E-state index in [0.717, 1.165) is 23.4 Å². The first-order chi connectivity index (χ1) is 9.49. The van der Waals surface area contributed by atoms with Crippen molar-refractivity contribution in [2.75, 3.05) is 19.8 Å². The summed E-state index contributed by atoms with van der Waals surface area (Å²) in [4.78, 5) is 0. The molecule has 0 heterocycles. The van der Waals surface area contributed by atoms with E-state index < -0.39 is 0 Å². The van der Waals surface area contributed by atoms with Gasteiger partial charge in [0.2, 0.25) is 0 Å². The zero-order valence-corrected chi connectivity index (χ0v) is 14.5. The first-order valence-corrected chi connectivity index (χ1v) is 8.00. The minimum absolute atomic E-state index is 0.468. The minimum Gasteiger partial charge on any atom is -0.491 e. The SMILES string of the molecule is CC(C)COCCOc1ccc(Br)c(CNC(C)C)c1. The largest absolute Gasteiger partial charge is 0.491 e. The summed E-state index contributed by atoms with van der Waals surface area (Å²) in [7, 11) is 0. The molecule has 1 aromatic carbocycles. The molecule has 0 unspecified atom stereocenters. The quantitative estimate of drug-likeness (QED) is 0.687. The van der Waals surface area contributed by atoms with Crippen molar-refractivity contribution in [1.82, 2.24) is 5.32 Å². The summed E-state index contributed by atoms with van der Waals surface area (Å²) in [6, 6.07) is 6.55. The molecule has 0 aliphatic carbocycles. The molecule has 4 heteroatoms. The van der Waals surface area contributed by atoms with E-state index in [1.165, 1.54) is 5.56 Å². The van der Waals surface area contributed by atoms with Crippen LogP contribution in [0.1, 0.15) is 33.3 Å². The van der Waals surface area contributed by atoms with Crippen LogP contribution in [-0.2, 0) is 11.3 Å². The monoisotopic (exact) mass is 343 g/mol. The Labute approximate surface area is 131 Å². The maximum absolute atomic E-state index is 5.72. The first-order valence-electron chi connectivity index (χ1n) is 7.21. The van der Waals surface area contributed by atoms with Crippen LogP contribution in [0.15, 0.2) is 22.7 Å². The second-order valence-corrected chi connectivity index (χ2v) is 6.46. The van der Waals surface area contributed by atoms with Crippen molar-refractivity contribution in [3.63, 3.8) is 0 Å². The third kappa shape index (κ3) is 7.27. The third-order valence-corrected chi connectivity index (χ3v) is 3.44. The number of ether oxygens (including phenoxy) is 2. The zero-order valence-electron chi connectivity index (χ0n) is 12.9. The summed E-state index contributed by atoms with van der Waals surface area (Å²) < 4.78 is 12.3. The molecule has 0 amide bonds. The van der Waals surface area contributed by atoms with Crippen LogP contribution in [-0.4, -0.2) is 25.9 Å². The molecule has 0 radical (unpaired) electrons. The van der Waals surface area contributed by atoms with Crippen LogP contribution < -0.4 is 10.1 Å². The second kappa shape index (κ2) is 9.37. The predicted molar refractivity (Wildman–Crippen MR) is 87.3 cm³/mol. The highest BCUT2D eigenvalue weighted by Gasteiger charge is 2.04. The van der Waals surface area contributed by atoms with Gasteiger partial charge in [-0.05, 0) is 29.7 Å². The molecular formula is C16H26BrNO2. The lowest BCUT2D eigenvalue weighted by Gasteiger charge is -2.13. The van der Waals surface area contributed by atoms with E-state index in [-0.39, 0.29) is 0 Å². The molecule has 0 saturated heterocycles. The Balaban J connectivity index is 2.40. The molecule has 0 spiro atoms. The van der Waals surface area contributed by atoms with Gasteiger partial charge in [-0.25, -0.2) is 0 Å². The molecule has 1 aromatic rings. The first kappa shape index (κ1) is 17.5. The number of nitrogens with one attached hydrogen (secondary N) is 1. The van der Waals surface area contributed by atoms with Crippen LogP contribution in [0, 0.1) is 5.92 Å². The molecule has 0 saturated carbocycles. The van der Waals surface area contributed by atoms with Gasteiger partial charge in [0.15, 0.2) is 0 Å². The van der Waals surface area contributed by atoms with Gasteiger partial charge in [-0.2, -0.15) is 0 Å². The summed E-state index contributed by atoms with van der Waals surface area (Å²) in [5.74, 6) is 1.46. The standard InChI is InChI=1S/C16H26BrNO2/c1-12(2)11-19-7-8-20-15-5-6-16(17)14(9-15)10-18-13(3)4/h5-6,9,12-13,18H,7-8,10-11H2,1-4H3. The zero-order chi connectivity index (χ0) is 15.0. The molecule has 0 aromatic heterocycles. The number of hydrogen-bond donors (Lipinski definition) is 1. The van der Waals surface area contributed by atoms with E-state index in [9.17, 15) is 0 Å². The Morgan fingerprint density at radius 2 is 1.90 bits per heavy atom. The lowest BCUT2D eigenvalue weighted by Crippen LogP contribution is -2.22. The summed E-state index contributed by atoms with van der Waals surface area (Å²) in [6.07, 6.45) is 0. The lowest BCUT2D eigenvalue weighted by molar-refractivity contribution is 0.0819. The summed E-state index contributed by atoms with van der Waals surface area (Å²) in [5, 5.41) is 3.41. The topological polar surface area (TPSA) is 30.5 Å². The van der Waals surface area contributed by atoms with E-state index >= 15 is 0 Å². The predicted octanol–water partition coefficient (Wildman–Crippen LogP) is 4.00. The van der Waals surface area contributed by atoms with E-state index in [1.54, 1.807) is 0 Å². The molecule has 0 atom stereocenters. The number of rotatable bonds is 9. The summed E-state index contributed by atoms with van der Waals surface area (Å²) in [6.45, 7) is 11.4. The van der Waals surface area contributed by atoms with Crippen molar-refractivity contribution in [3.8, 4) is 5.75 Å². The maximum atomic E-state index is 5.72. The van der Waals surface area contributed by atoms with Crippen LogP contribution in [0.5, 0.6) is 5.75 Å². The van der Waals surface area contributed by atoms with E-state index in [4.69, 9.17) is 9.47 Å². The molecule has 0 fully saturated rings. The summed E-state index contributed by atoms with van der Waals surface area (Å²) in [5.41, 5.74) is 1.21. The Hall–Kier alpha value is -0.580. The van der Waals surface area contributed by atoms with Gasteiger partial charge in [0.1, 0.15) is 12.4 Å². The molecule has 114 valence electrons. The van der Waals surface area contributed by atoms with Crippen molar-refractivity contribution in [3.05, 3.63) is 28.2 Å². The average Bonchev–Trinajstić information content (AvgIpc) is 2.38. The van der Waals surface area contributed by atoms with Gasteiger partial charge in [-0.1, -0.05) is 43.6 Å². The molecule has 0 aliphatic heterocycles. The molecule has 20 heavy (non-hydrogen) atoms. The number of hydrogen-bond acceptors (Lipinski definition) is 3. The molecule has 1 N–H and O–H groups in total. The van der Waals surface area contributed by atoms with Crippen molar-refractivity contribution in [2.45, 2.75) is 40.3 Å². The fourth-order valence-corrected chi connectivity index (χ4v) is 2.01. The molecular weight excluding hydrogens is 318 g/mol. The van der Waals surface area contributed by atoms with Crippen molar-refractivity contribution < 1.29 is 9.47 Å². The van der Waals surface area contributed by atoms with Crippen molar-refractivity contribution >= 4 is 15.9 Å². The second-order valence-electron chi connectivity index (χ2n) is 5.61. The Morgan fingerprint density at radius 1 is 1.15 bits per heavy atom. The Morgan fingerprint density at radius 3 is 2.55 bits per heavy atom. The van der Waals surface area contributed by atoms with Crippen LogP contribution in [0.2, 0.25) is 0 Å². The fraction of sp³-hybridized carbons (Fsp3) is 0.625. The smallest absolute Gasteiger partial charge is 0.119 e. The van der Waals surface area contributed by atoms with Crippen LogP contribution in [0.4, 0.5) is 0 Å².